The Hall–Kier alpha value is -1.13. The molecule has 1 heterocycles. The topological polar surface area (TPSA) is 43.1 Å². The van der Waals surface area contributed by atoms with Crippen LogP contribution >= 0.6 is 11.8 Å². The predicted octanol–water partition coefficient (Wildman–Crippen LogP) is 5.07. The largest absolute Gasteiger partial charge is 0.326 e. The van der Waals surface area contributed by atoms with Crippen molar-refractivity contribution in [1.29, 1.82) is 0 Å². The number of allylic oxidation sites excluding steroid dienone is 2. The Labute approximate surface area is 148 Å². The van der Waals surface area contributed by atoms with Crippen LogP contribution in [0.25, 0.3) is 0 Å². The highest BCUT2D eigenvalue weighted by Crippen LogP contribution is 2.59. The average molecular weight is 347 g/mol. The molecule has 24 heavy (non-hydrogen) atoms. The molecule has 3 rings (SSSR count). The molecule has 2 atom stereocenters. The maximum Gasteiger partial charge on any atom is 0.138 e. The average Bonchev–Trinajstić information content (AvgIpc) is 2.91. The quantitative estimate of drug-likeness (QED) is 0.826. The van der Waals surface area contributed by atoms with Gasteiger partial charge in [-0.1, -0.05) is 32.0 Å². The summed E-state index contributed by atoms with van der Waals surface area (Å²) in [4.78, 5) is 13.9. The van der Waals surface area contributed by atoms with Gasteiger partial charge in [0.1, 0.15) is 12.5 Å². The Balaban J connectivity index is 2.03. The van der Waals surface area contributed by atoms with Gasteiger partial charge in [0, 0.05) is 11.8 Å². The number of hydrogen-bond acceptors (Lipinski definition) is 3. The van der Waals surface area contributed by atoms with Gasteiger partial charge in [0.15, 0.2) is 0 Å². The van der Waals surface area contributed by atoms with Gasteiger partial charge in [-0.05, 0) is 58.8 Å². The van der Waals surface area contributed by atoms with E-state index in [0.717, 1.165) is 30.4 Å². The summed E-state index contributed by atoms with van der Waals surface area (Å²) in [5, 5.41) is 0.0476. The van der Waals surface area contributed by atoms with E-state index < -0.39 is 6.67 Å². The zero-order valence-electron chi connectivity index (χ0n) is 14.7. The van der Waals surface area contributed by atoms with Crippen molar-refractivity contribution in [2.24, 2.45) is 17.1 Å². The fourth-order valence-electron chi connectivity index (χ4n) is 4.02. The van der Waals surface area contributed by atoms with Crippen molar-refractivity contribution < 1.29 is 9.18 Å². The standard InChI is InChI=1S/C20H26FNOS/c1-12(23)18-16-9-20(2,3)7-6-17(16)24-19(18)15-8-13(10-21)4-5-14(15)11-22/h4-5,8,18-19H,6-7,9-11,22H2,1-3H3. The van der Waals surface area contributed by atoms with Gasteiger partial charge >= 0.3 is 0 Å². The molecule has 130 valence electrons. The molecular formula is C20H26FNOS. The maximum atomic E-state index is 13.2. The molecule has 2 aliphatic rings. The van der Waals surface area contributed by atoms with E-state index in [1.54, 1.807) is 13.0 Å². The Bertz CT molecular complexity index is 695. The lowest BCUT2D eigenvalue weighted by Crippen LogP contribution is -2.24. The number of Topliss-reactive ketones (excluding diaryl/α,β-unsaturated/α-hetero) is 1. The zero-order chi connectivity index (χ0) is 17.5. The molecule has 0 spiro atoms. The Morgan fingerprint density at radius 3 is 2.79 bits per heavy atom. The summed E-state index contributed by atoms with van der Waals surface area (Å²) < 4.78 is 13.2. The molecule has 0 saturated carbocycles. The number of benzene rings is 1. The van der Waals surface area contributed by atoms with E-state index in [-0.39, 0.29) is 22.4 Å². The van der Waals surface area contributed by atoms with Crippen molar-refractivity contribution in [3.63, 3.8) is 0 Å². The lowest BCUT2D eigenvalue weighted by molar-refractivity contribution is -0.119. The number of alkyl halides is 1. The van der Waals surface area contributed by atoms with Gasteiger partial charge in [0.05, 0.1) is 5.92 Å². The second kappa shape index (κ2) is 6.64. The first kappa shape index (κ1) is 17.7. The number of hydrogen-bond donors (Lipinski definition) is 1. The van der Waals surface area contributed by atoms with E-state index in [0.29, 0.717) is 12.1 Å². The van der Waals surface area contributed by atoms with Crippen molar-refractivity contribution >= 4 is 17.5 Å². The van der Waals surface area contributed by atoms with Gasteiger partial charge < -0.3 is 5.73 Å². The first-order valence-corrected chi connectivity index (χ1v) is 9.51. The predicted molar refractivity (Wildman–Crippen MR) is 98.3 cm³/mol. The van der Waals surface area contributed by atoms with Gasteiger partial charge in [-0.2, -0.15) is 0 Å². The molecule has 1 aromatic rings. The van der Waals surface area contributed by atoms with Crippen LogP contribution in [-0.2, 0) is 18.0 Å². The van der Waals surface area contributed by atoms with Crippen LogP contribution in [-0.4, -0.2) is 5.78 Å². The van der Waals surface area contributed by atoms with E-state index in [1.165, 1.54) is 10.5 Å². The van der Waals surface area contributed by atoms with E-state index >= 15 is 0 Å². The third-order valence-corrected chi connectivity index (χ3v) is 6.86. The van der Waals surface area contributed by atoms with Crippen LogP contribution in [0, 0.1) is 11.3 Å². The lowest BCUT2D eigenvalue weighted by Gasteiger charge is -2.32. The van der Waals surface area contributed by atoms with E-state index in [1.807, 2.05) is 23.9 Å². The number of thioether (sulfide) groups is 1. The number of carbonyl (C=O) groups is 1. The molecule has 1 aromatic carbocycles. The molecule has 0 radical (unpaired) electrons. The third kappa shape index (κ3) is 3.18. The molecular weight excluding hydrogens is 321 g/mol. The fraction of sp³-hybridized carbons (Fsp3) is 0.550. The van der Waals surface area contributed by atoms with Crippen LogP contribution in [0.1, 0.15) is 62.0 Å². The summed E-state index contributed by atoms with van der Waals surface area (Å²) in [6, 6.07) is 5.63. The number of halogens is 1. The van der Waals surface area contributed by atoms with Crippen molar-refractivity contribution in [3.05, 3.63) is 45.4 Å². The fourth-order valence-corrected chi connectivity index (χ4v) is 5.73. The van der Waals surface area contributed by atoms with Gasteiger partial charge in [0.2, 0.25) is 0 Å². The Morgan fingerprint density at radius 1 is 1.42 bits per heavy atom. The molecule has 2 N–H and O–H groups in total. The second-order valence-electron chi connectivity index (χ2n) is 7.79. The molecule has 2 unspecified atom stereocenters. The monoisotopic (exact) mass is 347 g/mol. The van der Waals surface area contributed by atoms with Gasteiger partial charge in [-0.15, -0.1) is 11.8 Å². The minimum Gasteiger partial charge on any atom is -0.326 e. The molecule has 0 fully saturated rings. The molecule has 0 aromatic heterocycles. The van der Waals surface area contributed by atoms with Gasteiger partial charge in [-0.3, -0.25) is 4.79 Å². The Kier molecular flexibility index (Phi) is 4.89. The van der Waals surface area contributed by atoms with Crippen LogP contribution in [0.2, 0.25) is 0 Å². The van der Waals surface area contributed by atoms with Gasteiger partial charge in [0.25, 0.3) is 0 Å². The van der Waals surface area contributed by atoms with E-state index in [9.17, 15) is 9.18 Å². The number of carbonyl (C=O) groups excluding carboxylic acids is 1. The molecule has 1 aliphatic heterocycles. The Morgan fingerprint density at radius 2 is 2.17 bits per heavy atom. The smallest absolute Gasteiger partial charge is 0.138 e. The lowest BCUT2D eigenvalue weighted by atomic mass is 9.72. The maximum absolute atomic E-state index is 13.2. The SMILES string of the molecule is CC(=O)C1C2=C(CCC(C)(C)C2)SC1c1cc(CF)ccc1CN. The number of ketones is 1. The number of nitrogens with two attached hydrogens (primary N) is 1. The van der Waals surface area contributed by atoms with Crippen LogP contribution in [0.5, 0.6) is 0 Å². The summed E-state index contributed by atoms with van der Waals surface area (Å²) in [6.07, 6.45) is 3.19. The molecule has 0 saturated heterocycles. The van der Waals surface area contributed by atoms with Crippen LogP contribution in [0.3, 0.4) is 0 Å². The van der Waals surface area contributed by atoms with Gasteiger partial charge in [-0.25, -0.2) is 4.39 Å². The first-order chi connectivity index (χ1) is 11.4. The molecule has 2 nitrogen and oxygen atoms in total. The minimum absolute atomic E-state index is 0.0476. The van der Waals surface area contributed by atoms with Crippen LogP contribution in [0.15, 0.2) is 28.7 Å². The molecule has 0 bridgehead atoms. The molecule has 1 aliphatic carbocycles. The highest BCUT2D eigenvalue weighted by molar-refractivity contribution is 8.03. The minimum atomic E-state index is -0.486. The van der Waals surface area contributed by atoms with Crippen molar-refractivity contribution in [2.45, 2.75) is 58.5 Å². The summed E-state index contributed by atoms with van der Waals surface area (Å²) in [5.41, 5.74) is 10.2. The van der Waals surface area contributed by atoms with Crippen LogP contribution < -0.4 is 5.73 Å². The highest BCUT2D eigenvalue weighted by atomic mass is 32.2. The summed E-state index contributed by atoms with van der Waals surface area (Å²) in [5.74, 6) is 0.119. The van der Waals surface area contributed by atoms with Crippen molar-refractivity contribution in [1.82, 2.24) is 0 Å². The zero-order valence-corrected chi connectivity index (χ0v) is 15.5. The third-order valence-electron chi connectivity index (χ3n) is 5.33. The molecule has 4 heteroatoms. The summed E-state index contributed by atoms with van der Waals surface area (Å²) >= 11 is 1.81. The van der Waals surface area contributed by atoms with Crippen molar-refractivity contribution in [3.8, 4) is 0 Å². The normalized spacial score (nSPS) is 25.7. The van der Waals surface area contributed by atoms with Crippen molar-refractivity contribution in [2.75, 3.05) is 0 Å². The summed E-state index contributed by atoms with van der Waals surface area (Å²) in [7, 11) is 0. The second-order valence-corrected chi connectivity index (χ2v) is 9.02. The number of rotatable bonds is 4. The van der Waals surface area contributed by atoms with E-state index in [4.69, 9.17) is 5.73 Å². The molecule has 0 amide bonds. The highest BCUT2D eigenvalue weighted by Gasteiger charge is 2.43. The summed E-state index contributed by atoms with van der Waals surface area (Å²) in [6.45, 7) is 6.18. The van der Waals surface area contributed by atoms with E-state index in [2.05, 4.69) is 13.8 Å². The van der Waals surface area contributed by atoms with Crippen LogP contribution in [0.4, 0.5) is 4.39 Å². The first-order valence-electron chi connectivity index (χ1n) is 8.63.